The van der Waals surface area contributed by atoms with Crippen LogP contribution in [0.15, 0.2) is 72.8 Å². The number of anilines is 1. The van der Waals surface area contributed by atoms with Crippen molar-refractivity contribution in [3.8, 4) is 11.5 Å². The maximum atomic E-state index is 12.7. The number of carbonyl (C=O) groups excluding carboxylic acids is 1. The molecule has 0 aromatic heterocycles. The van der Waals surface area contributed by atoms with Crippen LogP contribution in [0.2, 0.25) is 0 Å². The minimum Gasteiger partial charge on any atom is -0.493 e. The van der Waals surface area contributed by atoms with Crippen LogP contribution in [0.4, 0.5) is 5.69 Å². The zero-order valence-electron chi connectivity index (χ0n) is 17.1. The smallest absolute Gasteiger partial charge is 0.255 e. The van der Waals surface area contributed by atoms with Gasteiger partial charge in [-0.1, -0.05) is 50.2 Å². The first-order valence-electron chi connectivity index (χ1n) is 9.92. The fraction of sp³-hybridized carbons (Fsp3) is 0.240. The van der Waals surface area contributed by atoms with E-state index < -0.39 is 0 Å². The van der Waals surface area contributed by atoms with Gasteiger partial charge >= 0.3 is 0 Å². The molecule has 0 heterocycles. The minimum absolute atomic E-state index is 0.164. The second-order valence-corrected chi connectivity index (χ2v) is 7.06. The van der Waals surface area contributed by atoms with Gasteiger partial charge in [0.15, 0.2) is 0 Å². The molecule has 0 radical (unpaired) electrons. The van der Waals surface area contributed by atoms with Gasteiger partial charge in [-0.25, -0.2) is 0 Å². The molecular formula is C25H27NO3. The van der Waals surface area contributed by atoms with Crippen molar-refractivity contribution in [2.75, 3.05) is 11.9 Å². The topological polar surface area (TPSA) is 47.6 Å². The number of rotatable bonds is 8. The molecule has 0 saturated heterocycles. The van der Waals surface area contributed by atoms with Gasteiger partial charge in [0.05, 0.1) is 6.61 Å². The van der Waals surface area contributed by atoms with Gasteiger partial charge in [-0.15, -0.1) is 0 Å². The Morgan fingerprint density at radius 1 is 0.897 bits per heavy atom. The Balaban J connectivity index is 1.81. The first kappa shape index (κ1) is 20.5. The summed E-state index contributed by atoms with van der Waals surface area (Å²) in [6.45, 7) is 7.09. The third-order valence-electron chi connectivity index (χ3n) is 4.58. The number of ether oxygens (including phenoxy) is 2. The number of nitrogens with one attached hydrogen (secondary N) is 1. The summed E-state index contributed by atoms with van der Waals surface area (Å²) in [5, 5.41) is 2.91. The van der Waals surface area contributed by atoms with Crippen LogP contribution >= 0.6 is 0 Å². The van der Waals surface area contributed by atoms with Crippen molar-refractivity contribution in [3.63, 3.8) is 0 Å². The van der Waals surface area contributed by atoms with E-state index in [2.05, 4.69) is 25.2 Å². The maximum absolute atomic E-state index is 12.7. The highest BCUT2D eigenvalue weighted by molar-refractivity contribution is 6.04. The Hall–Kier alpha value is -3.27. The lowest BCUT2D eigenvalue weighted by molar-refractivity contribution is 0.102. The lowest BCUT2D eigenvalue weighted by Gasteiger charge is -2.16. The second-order valence-electron chi connectivity index (χ2n) is 7.06. The molecule has 0 bridgehead atoms. The Morgan fingerprint density at radius 2 is 1.62 bits per heavy atom. The number of carbonyl (C=O) groups is 1. The molecule has 3 rings (SSSR count). The molecular weight excluding hydrogens is 362 g/mol. The summed E-state index contributed by atoms with van der Waals surface area (Å²) in [6, 6.07) is 22.9. The summed E-state index contributed by atoms with van der Waals surface area (Å²) in [5.41, 5.74) is 3.32. The second kappa shape index (κ2) is 9.78. The molecule has 0 atom stereocenters. The molecule has 0 unspecified atom stereocenters. The number of hydrogen-bond acceptors (Lipinski definition) is 3. The van der Waals surface area contributed by atoms with Gasteiger partial charge in [0.1, 0.15) is 18.1 Å². The molecule has 4 heteroatoms. The highest BCUT2D eigenvalue weighted by Gasteiger charge is 2.13. The van der Waals surface area contributed by atoms with Crippen LogP contribution in [-0.4, -0.2) is 12.5 Å². The van der Waals surface area contributed by atoms with E-state index in [0.29, 0.717) is 24.7 Å². The molecule has 3 aromatic carbocycles. The van der Waals surface area contributed by atoms with Crippen molar-refractivity contribution in [2.24, 2.45) is 0 Å². The van der Waals surface area contributed by atoms with Gasteiger partial charge in [0, 0.05) is 16.8 Å². The summed E-state index contributed by atoms with van der Waals surface area (Å²) in [6.07, 6.45) is 0. The molecule has 0 saturated carbocycles. The third kappa shape index (κ3) is 5.38. The highest BCUT2D eigenvalue weighted by Crippen LogP contribution is 2.28. The van der Waals surface area contributed by atoms with E-state index in [-0.39, 0.29) is 5.91 Å². The molecule has 0 aliphatic carbocycles. The van der Waals surface area contributed by atoms with Crippen molar-refractivity contribution in [1.29, 1.82) is 0 Å². The summed E-state index contributed by atoms with van der Waals surface area (Å²) in [5.74, 6) is 1.78. The molecule has 1 N–H and O–H groups in total. The molecule has 1 amide bonds. The Bertz CT molecular complexity index is 951. The standard InChI is InChI=1S/C25H27NO3/c1-4-28-23-15-14-19(25(27)26-21-10-6-5-7-11-21)16-20(23)17-29-24-13-9-8-12-22(24)18(2)3/h5-16,18H,4,17H2,1-3H3,(H,26,27). The fourth-order valence-corrected chi connectivity index (χ4v) is 3.10. The van der Waals surface area contributed by atoms with Crippen LogP contribution in [0, 0.1) is 0 Å². The predicted molar refractivity (Wildman–Crippen MR) is 117 cm³/mol. The monoisotopic (exact) mass is 389 g/mol. The SMILES string of the molecule is CCOc1ccc(C(=O)Nc2ccccc2)cc1COc1ccccc1C(C)C. The van der Waals surface area contributed by atoms with E-state index in [9.17, 15) is 4.79 Å². The average Bonchev–Trinajstić information content (AvgIpc) is 2.74. The van der Waals surface area contributed by atoms with Crippen LogP contribution < -0.4 is 14.8 Å². The highest BCUT2D eigenvalue weighted by atomic mass is 16.5. The quantitative estimate of drug-likeness (QED) is 0.511. The van der Waals surface area contributed by atoms with Gasteiger partial charge < -0.3 is 14.8 Å². The first-order chi connectivity index (χ1) is 14.1. The minimum atomic E-state index is -0.164. The summed E-state index contributed by atoms with van der Waals surface area (Å²) in [4.78, 5) is 12.7. The summed E-state index contributed by atoms with van der Waals surface area (Å²) in [7, 11) is 0. The summed E-state index contributed by atoms with van der Waals surface area (Å²) < 4.78 is 11.9. The van der Waals surface area contributed by atoms with Crippen LogP contribution in [0.5, 0.6) is 11.5 Å². The Labute approximate surface area is 172 Å². The number of hydrogen-bond donors (Lipinski definition) is 1. The summed E-state index contributed by atoms with van der Waals surface area (Å²) >= 11 is 0. The number of benzene rings is 3. The van der Waals surface area contributed by atoms with E-state index in [1.165, 1.54) is 0 Å². The van der Waals surface area contributed by atoms with Crippen molar-refractivity contribution in [3.05, 3.63) is 89.5 Å². The molecule has 0 aliphatic rings. The number of para-hydroxylation sites is 2. The van der Waals surface area contributed by atoms with Gasteiger partial charge in [-0.2, -0.15) is 0 Å². The molecule has 0 spiro atoms. The zero-order chi connectivity index (χ0) is 20.6. The van der Waals surface area contributed by atoms with E-state index in [1.54, 1.807) is 6.07 Å². The first-order valence-corrected chi connectivity index (χ1v) is 9.92. The third-order valence-corrected chi connectivity index (χ3v) is 4.58. The lowest BCUT2D eigenvalue weighted by Crippen LogP contribution is -2.13. The van der Waals surface area contributed by atoms with Crippen molar-refractivity contribution in [1.82, 2.24) is 0 Å². The van der Waals surface area contributed by atoms with Crippen LogP contribution in [0.3, 0.4) is 0 Å². The van der Waals surface area contributed by atoms with E-state index in [4.69, 9.17) is 9.47 Å². The van der Waals surface area contributed by atoms with Gasteiger partial charge in [-0.3, -0.25) is 4.79 Å². The van der Waals surface area contributed by atoms with E-state index >= 15 is 0 Å². The molecule has 0 aliphatic heterocycles. The number of amides is 1. The Kier molecular flexibility index (Phi) is 6.90. The average molecular weight is 389 g/mol. The fourth-order valence-electron chi connectivity index (χ4n) is 3.10. The molecule has 29 heavy (non-hydrogen) atoms. The van der Waals surface area contributed by atoms with E-state index in [0.717, 1.165) is 28.3 Å². The van der Waals surface area contributed by atoms with Crippen molar-refractivity contribution >= 4 is 11.6 Å². The molecule has 150 valence electrons. The van der Waals surface area contributed by atoms with E-state index in [1.807, 2.05) is 67.6 Å². The largest absolute Gasteiger partial charge is 0.493 e. The predicted octanol–water partition coefficient (Wildman–Crippen LogP) is 6.04. The van der Waals surface area contributed by atoms with Crippen molar-refractivity contribution in [2.45, 2.75) is 33.3 Å². The maximum Gasteiger partial charge on any atom is 0.255 e. The van der Waals surface area contributed by atoms with Gasteiger partial charge in [0.2, 0.25) is 0 Å². The normalized spacial score (nSPS) is 10.6. The van der Waals surface area contributed by atoms with Gasteiger partial charge in [-0.05, 0) is 54.8 Å². The molecule has 0 fully saturated rings. The zero-order valence-corrected chi connectivity index (χ0v) is 17.1. The lowest BCUT2D eigenvalue weighted by atomic mass is 10.0. The molecule has 3 aromatic rings. The van der Waals surface area contributed by atoms with Crippen LogP contribution in [0.1, 0.15) is 48.2 Å². The Morgan fingerprint density at radius 3 is 2.34 bits per heavy atom. The molecule has 4 nitrogen and oxygen atoms in total. The van der Waals surface area contributed by atoms with Gasteiger partial charge in [0.25, 0.3) is 5.91 Å². The van der Waals surface area contributed by atoms with Crippen molar-refractivity contribution < 1.29 is 14.3 Å². The van der Waals surface area contributed by atoms with Crippen LogP contribution in [-0.2, 0) is 6.61 Å². The van der Waals surface area contributed by atoms with Crippen LogP contribution in [0.25, 0.3) is 0 Å².